The monoisotopic (exact) mass is 419 g/mol. The van der Waals surface area contributed by atoms with Gasteiger partial charge in [0.1, 0.15) is 12.1 Å². The highest BCUT2D eigenvalue weighted by Crippen LogP contribution is 2.23. The quantitative estimate of drug-likeness (QED) is 0.488. The van der Waals surface area contributed by atoms with Crippen molar-refractivity contribution >= 4 is 29.5 Å². The molecule has 0 aliphatic carbocycles. The Morgan fingerprint density at radius 2 is 1.62 bits per heavy atom. The third kappa shape index (κ3) is 6.20. The summed E-state index contributed by atoms with van der Waals surface area (Å²) in [6.45, 7) is 5.21. The minimum atomic E-state index is -3.20. The molecule has 0 aromatic carbocycles. The van der Waals surface area contributed by atoms with Crippen molar-refractivity contribution in [2.45, 2.75) is 65.1 Å². The van der Waals surface area contributed by atoms with E-state index in [-0.39, 0.29) is 6.54 Å². The fourth-order valence-corrected chi connectivity index (χ4v) is 3.33. The summed E-state index contributed by atoms with van der Waals surface area (Å²) in [5.41, 5.74) is 0. The van der Waals surface area contributed by atoms with Crippen molar-refractivity contribution in [1.82, 2.24) is 15.5 Å². The lowest BCUT2D eigenvalue weighted by Gasteiger charge is -2.28. The number of hydrogen-bond acceptors (Lipinski definition) is 5. The molecular formula is C18H27F2N3O6. The molecule has 0 spiro atoms. The number of likely N-dealkylation sites (tertiary alicyclic amines) is 1. The van der Waals surface area contributed by atoms with Gasteiger partial charge in [0.05, 0.1) is 17.9 Å². The van der Waals surface area contributed by atoms with Gasteiger partial charge in [0.2, 0.25) is 24.1 Å². The van der Waals surface area contributed by atoms with E-state index in [1.165, 1.54) is 25.7 Å². The summed E-state index contributed by atoms with van der Waals surface area (Å²) < 4.78 is 26.5. The number of carbonyl (C=O) groups excluding carboxylic acids is 4. The second kappa shape index (κ2) is 10.3. The number of carboxylic acid groups (broad SMARTS) is 1. The molecule has 1 aliphatic heterocycles. The van der Waals surface area contributed by atoms with E-state index in [2.05, 4.69) is 10.6 Å². The lowest BCUT2D eigenvalue weighted by Crippen LogP contribution is -2.55. The van der Waals surface area contributed by atoms with Crippen LogP contribution in [0.3, 0.4) is 0 Å². The number of rotatable bonds is 9. The fourth-order valence-electron chi connectivity index (χ4n) is 3.33. The molecule has 5 atom stereocenters. The van der Waals surface area contributed by atoms with Crippen molar-refractivity contribution in [2.24, 2.45) is 11.8 Å². The van der Waals surface area contributed by atoms with Crippen LogP contribution in [0.4, 0.5) is 8.78 Å². The summed E-state index contributed by atoms with van der Waals surface area (Å²) in [6, 6.07) is -3.11. The van der Waals surface area contributed by atoms with Gasteiger partial charge in [0.25, 0.3) is 0 Å². The second-order valence-corrected chi connectivity index (χ2v) is 7.23. The smallest absolute Gasteiger partial charge is 0.307 e. The number of amides is 3. The molecule has 9 nitrogen and oxygen atoms in total. The van der Waals surface area contributed by atoms with Gasteiger partial charge < -0.3 is 20.6 Å². The third-order valence-electron chi connectivity index (χ3n) is 4.94. The predicted molar refractivity (Wildman–Crippen MR) is 96.9 cm³/mol. The normalized spacial score (nSPS) is 20.5. The Hall–Kier alpha value is -2.59. The molecule has 164 valence electrons. The average molecular weight is 419 g/mol. The first kappa shape index (κ1) is 24.4. The number of ketones is 1. The first-order valence-corrected chi connectivity index (χ1v) is 9.31. The van der Waals surface area contributed by atoms with Crippen molar-refractivity contribution in [3.05, 3.63) is 0 Å². The first-order chi connectivity index (χ1) is 13.4. The van der Waals surface area contributed by atoms with Gasteiger partial charge >= 0.3 is 5.97 Å². The molecule has 0 saturated carbocycles. The third-order valence-corrected chi connectivity index (χ3v) is 4.94. The molecule has 3 N–H and O–H groups in total. The van der Waals surface area contributed by atoms with E-state index in [0.29, 0.717) is 12.8 Å². The lowest BCUT2D eigenvalue weighted by atomic mass is 9.87. The zero-order valence-corrected chi connectivity index (χ0v) is 16.8. The number of aliphatic carboxylic acids is 1. The van der Waals surface area contributed by atoms with Crippen LogP contribution in [0.1, 0.15) is 40.5 Å². The Morgan fingerprint density at radius 3 is 2.10 bits per heavy atom. The average Bonchev–Trinajstić information content (AvgIpc) is 3.09. The summed E-state index contributed by atoms with van der Waals surface area (Å²) in [6.07, 6.45) is -2.36. The maximum absolute atomic E-state index is 13.2. The van der Waals surface area contributed by atoms with Crippen LogP contribution >= 0.6 is 0 Å². The van der Waals surface area contributed by atoms with Crippen LogP contribution in [-0.2, 0) is 24.0 Å². The van der Waals surface area contributed by atoms with E-state index in [1.54, 1.807) is 0 Å². The molecule has 0 radical (unpaired) electrons. The van der Waals surface area contributed by atoms with Gasteiger partial charge in [-0.2, -0.15) is 0 Å². The van der Waals surface area contributed by atoms with E-state index < -0.39 is 65.9 Å². The molecule has 1 rings (SSSR count). The van der Waals surface area contributed by atoms with E-state index in [4.69, 9.17) is 5.11 Å². The number of carbonyl (C=O) groups is 5. The minimum absolute atomic E-state index is 0.277. The fraction of sp³-hybridized carbons (Fsp3) is 0.722. The Bertz CT molecular complexity index is 672. The largest absolute Gasteiger partial charge is 0.481 e. The topological polar surface area (TPSA) is 133 Å². The zero-order valence-electron chi connectivity index (χ0n) is 16.8. The molecule has 0 aromatic heterocycles. The Kier molecular flexibility index (Phi) is 8.65. The van der Waals surface area contributed by atoms with Crippen LogP contribution in [-0.4, -0.2) is 70.6 Å². The zero-order chi connectivity index (χ0) is 22.5. The Morgan fingerprint density at radius 1 is 1.03 bits per heavy atom. The van der Waals surface area contributed by atoms with E-state index in [1.807, 2.05) is 0 Å². The van der Waals surface area contributed by atoms with Crippen molar-refractivity contribution in [3.63, 3.8) is 0 Å². The SMILES string of the molecule is CC(=O)N[C@@H](C)C(=O)N1CCC[C@H]1C(=O)N[C@@H](C)C(=O)C(C(F)F)C(C)C(=O)O. The van der Waals surface area contributed by atoms with Crippen molar-refractivity contribution < 1.29 is 37.9 Å². The molecule has 1 heterocycles. The lowest BCUT2D eigenvalue weighted by molar-refractivity contribution is -0.151. The molecule has 1 saturated heterocycles. The van der Waals surface area contributed by atoms with Crippen LogP contribution in [0.15, 0.2) is 0 Å². The van der Waals surface area contributed by atoms with Crippen LogP contribution < -0.4 is 10.6 Å². The van der Waals surface area contributed by atoms with E-state index >= 15 is 0 Å². The van der Waals surface area contributed by atoms with Gasteiger partial charge in [-0.25, -0.2) is 8.78 Å². The molecule has 0 bridgehead atoms. The predicted octanol–water partition coefficient (Wildman–Crippen LogP) is 0.178. The van der Waals surface area contributed by atoms with Gasteiger partial charge in [-0.05, 0) is 26.7 Å². The van der Waals surface area contributed by atoms with Gasteiger partial charge in [0.15, 0.2) is 5.78 Å². The number of Topliss-reactive ketones (excluding diaryl/α,β-unsaturated/α-hetero) is 1. The van der Waals surface area contributed by atoms with Crippen molar-refractivity contribution in [3.8, 4) is 0 Å². The second-order valence-electron chi connectivity index (χ2n) is 7.23. The minimum Gasteiger partial charge on any atom is -0.481 e. The van der Waals surface area contributed by atoms with Crippen molar-refractivity contribution in [1.29, 1.82) is 0 Å². The van der Waals surface area contributed by atoms with Crippen LogP contribution in [0, 0.1) is 11.8 Å². The molecule has 1 fully saturated rings. The number of carboxylic acids is 1. The van der Waals surface area contributed by atoms with Crippen LogP contribution in [0.25, 0.3) is 0 Å². The summed E-state index contributed by atoms with van der Waals surface area (Å²) >= 11 is 0. The van der Waals surface area contributed by atoms with Gasteiger partial charge in [-0.1, -0.05) is 6.92 Å². The summed E-state index contributed by atoms with van der Waals surface area (Å²) in [5, 5.41) is 13.7. The van der Waals surface area contributed by atoms with Crippen LogP contribution in [0.5, 0.6) is 0 Å². The first-order valence-electron chi connectivity index (χ1n) is 9.31. The molecular weight excluding hydrogens is 392 g/mol. The highest BCUT2D eigenvalue weighted by Gasteiger charge is 2.41. The molecule has 3 amide bonds. The standard InChI is InChI=1S/C18H27F2N3O6/c1-8(18(28)29)13(15(19)20)14(25)9(2)22-16(26)12-6-5-7-23(12)17(27)10(3)21-11(4)24/h8-10,12-13,15H,5-7H2,1-4H3,(H,21,24)(H,22,26)(H,28,29)/t8?,9-,10-,12-,13?/m0/s1. The summed E-state index contributed by atoms with van der Waals surface area (Å²) in [7, 11) is 0. The van der Waals surface area contributed by atoms with Crippen molar-refractivity contribution in [2.75, 3.05) is 6.54 Å². The number of alkyl halides is 2. The molecule has 29 heavy (non-hydrogen) atoms. The van der Waals surface area contributed by atoms with E-state index in [0.717, 1.165) is 6.92 Å². The number of halogens is 2. The Labute approximate surface area is 167 Å². The molecule has 0 aromatic rings. The number of nitrogens with zero attached hydrogens (tertiary/aromatic N) is 1. The van der Waals surface area contributed by atoms with Gasteiger partial charge in [-0.15, -0.1) is 0 Å². The Balaban J connectivity index is 2.85. The maximum atomic E-state index is 13.2. The van der Waals surface area contributed by atoms with Crippen LogP contribution in [0.2, 0.25) is 0 Å². The summed E-state index contributed by atoms with van der Waals surface area (Å²) in [5.74, 6) is -7.89. The molecule has 2 unspecified atom stereocenters. The number of hydrogen-bond donors (Lipinski definition) is 3. The van der Waals surface area contributed by atoms with Gasteiger partial charge in [-0.3, -0.25) is 24.0 Å². The summed E-state index contributed by atoms with van der Waals surface area (Å²) in [4.78, 5) is 60.8. The number of nitrogens with one attached hydrogen (secondary N) is 2. The molecule has 1 aliphatic rings. The molecule has 11 heteroatoms. The highest BCUT2D eigenvalue weighted by molar-refractivity contribution is 5.96. The maximum Gasteiger partial charge on any atom is 0.307 e. The highest BCUT2D eigenvalue weighted by atomic mass is 19.3. The van der Waals surface area contributed by atoms with Gasteiger partial charge in [0, 0.05) is 13.5 Å². The van der Waals surface area contributed by atoms with E-state index in [9.17, 15) is 32.8 Å².